The highest BCUT2D eigenvalue weighted by Crippen LogP contribution is 2.29. The van der Waals surface area contributed by atoms with Crippen LogP contribution < -0.4 is 10.1 Å². The molecule has 3 aromatic rings. The maximum absolute atomic E-state index is 12.3. The highest BCUT2D eigenvalue weighted by atomic mass is 28.3. The minimum Gasteiger partial charge on any atom is -0.468 e. The fourth-order valence-electron chi connectivity index (χ4n) is 3.62. The third-order valence-corrected chi connectivity index (χ3v) is 7.29. The fraction of sp³-hybridized carbons (Fsp3) is 0.519. The molecule has 11 heteroatoms. The second-order valence-electron chi connectivity index (χ2n) is 11.3. The van der Waals surface area contributed by atoms with E-state index in [9.17, 15) is 9.90 Å². The van der Waals surface area contributed by atoms with E-state index in [1.807, 2.05) is 16.8 Å². The number of ether oxygens (including phenoxy) is 4. The molecule has 0 amide bonds. The molecule has 1 unspecified atom stereocenters. The minimum absolute atomic E-state index is 0.192. The lowest BCUT2D eigenvalue weighted by Crippen LogP contribution is -2.48. The molecule has 208 valence electrons. The first kappa shape index (κ1) is 29.7. The Kier molecular flexibility index (Phi) is 10.0. The van der Waals surface area contributed by atoms with Crippen LogP contribution in [0.5, 0.6) is 11.5 Å². The molecule has 0 aliphatic rings. The Labute approximate surface area is 225 Å². The van der Waals surface area contributed by atoms with Gasteiger partial charge in [-0.2, -0.15) is 0 Å². The van der Waals surface area contributed by atoms with E-state index in [-0.39, 0.29) is 6.42 Å². The average Bonchev–Trinajstić information content (AvgIpc) is 3.24. The SMILES string of the molecule is COC(=O)[C@H](Cc1ccc(Oc2ccnc3c2ccn3COCC[Si](C)(C)C)cn1)NC(O)OC(C)(C)C. The molecule has 10 nitrogen and oxygen atoms in total. The summed E-state index contributed by atoms with van der Waals surface area (Å²) in [6, 6.07) is 7.57. The van der Waals surface area contributed by atoms with E-state index < -0.39 is 32.1 Å². The van der Waals surface area contributed by atoms with Crippen LogP contribution in [0.25, 0.3) is 11.0 Å². The molecule has 38 heavy (non-hydrogen) atoms. The van der Waals surface area contributed by atoms with Crippen molar-refractivity contribution >= 4 is 25.1 Å². The zero-order chi connectivity index (χ0) is 27.9. The summed E-state index contributed by atoms with van der Waals surface area (Å²) in [5.41, 5.74) is 0.803. The summed E-state index contributed by atoms with van der Waals surface area (Å²) < 4.78 is 24.3. The number of aromatic nitrogens is 3. The van der Waals surface area contributed by atoms with Crippen molar-refractivity contribution in [2.45, 2.75) is 77.7 Å². The maximum atomic E-state index is 12.3. The lowest BCUT2D eigenvalue weighted by atomic mass is 10.1. The van der Waals surface area contributed by atoms with Crippen LogP contribution in [0.2, 0.25) is 25.7 Å². The molecule has 0 bridgehead atoms. The smallest absolute Gasteiger partial charge is 0.323 e. The predicted octanol–water partition coefficient (Wildman–Crippen LogP) is 4.30. The van der Waals surface area contributed by atoms with Gasteiger partial charge in [0.15, 0.2) is 0 Å². The molecule has 0 radical (unpaired) electrons. The predicted molar refractivity (Wildman–Crippen MR) is 148 cm³/mol. The molecule has 0 spiro atoms. The first-order valence-corrected chi connectivity index (χ1v) is 16.4. The highest BCUT2D eigenvalue weighted by molar-refractivity contribution is 6.76. The van der Waals surface area contributed by atoms with Crippen molar-refractivity contribution in [3.63, 3.8) is 0 Å². The van der Waals surface area contributed by atoms with Crippen molar-refractivity contribution in [2.24, 2.45) is 0 Å². The number of nitrogens with one attached hydrogen (secondary N) is 1. The van der Waals surface area contributed by atoms with Crippen molar-refractivity contribution < 1.29 is 28.8 Å². The summed E-state index contributed by atoms with van der Waals surface area (Å²) in [5.74, 6) is 0.665. The number of pyridine rings is 2. The molecule has 0 saturated carbocycles. The van der Waals surface area contributed by atoms with Gasteiger partial charge < -0.3 is 28.6 Å². The maximum Gasteiger partial charge on any atom is 0.323 e. The molecule has 0 aliphatic heterocycles. The lowest BCUT2D eigenvalue weighted by molar-refractivity contribution is -0.189. The number of aliphatic hydroxyl groups excluding tert-OH is 1. The first-order valence-electron chi connectivity index (χ1n) is 12.7. The van der Waals surface area contributed by atoms with Crippen LogP contribution in [-0.4, -0.2) is 65.5 Å². The van der Waals surface area contributed by atoms with Crippen molar-refractivity contribution in [1.29, 1.82) is 0 Å². The number of rotatable bonds is 13. The third kappa shape index (κ3) is 9.17. The van der Waals surface area contributed by atoms with Gasteiger partial charge in [-0.1, -0.05) is 19.6 Å². The summed E-state index contributed by atoms with van der Waals surface area (Å²) in [6.45, 7) is 13.6. The molecule has 0 aliphatic carbocycles. The van der Waals surface area contributed by atoms with Gasteiger partial charge in [-0.25, -0.2) is 4.98 Å². The second-order valence-corrected chi connectivity index (χ2v) is 16.9. The van der Waals surface area contributed by atoms with Crippen molar-refractivity contribution in [1.82, 2.24) is 19.9 Å². The Hall–Kier alpha value is -2.83. The number of carbonyl (C=O) groups excluding carboxylic acids is 1. The lowest BCUT2D eigenvalue weighted by Gasteiger charge is -2.27. The number of hydrogen-bond acceptors (Lipinski definition) is 9. The van der Waals surface area contributed by atoms with Crippen molar-refractivity contribution in [3.8, 4) is 11.5 Å². The van der Waals surface area contributed by atoms with Crippen molar-refractivity contribution in [2.75, 3.05) is 13.7 Å². The molecule has 3 rings (SSSR count). The van der Waals surface area contributed by atoms with Crippen LogP contribution in [0, 0.1) is 0 Å². The Morgan fingerprint density at radius 3 is 2.55 bits per heavy atom. The van der Waals surface area contributed by atoms with Gasteiger partial charge in [0.25, 0.3) is 0 Å². The first-order chi connectivity index (χ1) is 17.8. The third-order valence-electron chi connectivity index (χ3n) is 5.58. The number of hydrogen-bond donors (Lipinski definition) is 2. The van der Waals surface area contributed by atoms with E-state index in [1.165, 1.54) is 7.11 Å². The summed E-state index contributed by atoms with van der Waals surface area (Å²) >= 11 is 0. The number of fused-ring (bicyclic) bond motifs is 1. The molecular formula is C27H40N4O6Si. The number of aliphatic hydroxyl groups is 1. The Morgan fingerprint density at radius 1 is 1.16 bits per heavy atom. The van der Waals surface area contributed by atoms with Crippen LogP contribution in [0.15, 0.2) is 42.9 Å². The van der Waals surface area contributed by atoms with E-state index in [1.54, 1.807) is 51.4 Å². The van der Waals surface area contributed by atoms with E-state index in [2.05, 4.69) is 34.9 Å². The molecule has 2 N–H and O–H groups in total. The van der Waals surface area contributed by atoms with Gasteiger partial charge in [-0.15, -0.1) is 0 Å². The zero-order valence-electron chi connectivity index (χ0n) is 23.4. The largest absolute Gasteiger partial charge is 0.468 e. The topological polar surface area (TPSA) is 117 Å². The Bertz CT molecular complexity index is 1190. The van der Waals surface area contributed by atoms with Crippen LogP contribution in [-0.2, 0) is 32.2 Å². The molecule has 0 aromatic carbocycles. The summed E-state index contributed by atoms with van der Waals surface area (Å²) in [6.07, 6.45) is 4.09. The van der Waals surface area contributed by atoms with Gasteiger partial charge in [0.05, 0.1) is 24.3 Å². The fourth-order valence-corrected chi connectivity index (χ4v) is 4.38. The van der Waals surface area contributed by atoms with Gasteiger partial charge >= 0.3 is 5.97 Å². The Morgan fingerprint density at radius 2 is 1.92 bits per heavy atom. The van der Waals surface area contributed by atoms with E-state index >= 15 is 0 Å². The average molecular weight is 545 g/mol. The highest BCUT2D eigenvalue weighted by Gasteiger charge is 2.26. The van der Waals surface area contributed by atoms with Crippen LogP contribution in [0.1, 0.15) is 26.5 Å². The second kappa shape index (κ2) is 12.8. The monoisotopic (exact) mass is 544 g/mol. The molecular weight excluding hydrogens is 504 g/mol. The quantitative estimate of drug-likeness (QED) is 0.141. The van der Waals surface area contributed by atoms with Gasteiger partial charge in [0.1, 0.15) is 29.9 Å². The summed E-state index contributed by atoms with van der Waals surface area (Å²) in [7, 11) is 0.151. The number of esters is 1. The normalized spacial score (nSPS) is 13.9. The molecule has 2 atom stereocenters. The number of carbonyl (C=O) groups is 1. The molecule has 0 fully saturated rings. The summed E-state index contributed by atoms with van der Waals surface area (Å²) in [4.78, 5) is 21.2. The van der Waals surface area contributed by atoms with E-state index in [0.717, 1.165) is 23.7 Å². The number of methoxy groups -OCH3 is 1. The van der Waals surface area contributed by atoms with Gasteiger partial charge in [0, 0.05) is 39.2 Å². The standard InChI is InChI=1S/C27H40N4O6Si/c1-27(2,3)37-26(33)30-22(25(32)34-4)16-19-8-9-20(17-29-19)36-23-10-12-28-24-21(23)11-13-31(24)18-35-14-15-38(5,6)7/h8-13,17,22,26,30,33H,14-16,18H2,1-7H3/t22-,26?/m0/s1. The molecule has 3 aromatic heterocycles. The van der Waals surface area contributed by atoms with Gasteiger partial charge in [-0.05, 0) is 51.1 Å². The van der Waals surface area contributed by atoms with E-state index in [4.69, 9.17) is 18.9 Å². The molecule has 0 saturated heterocycles. The number of nitrogens with zero attached hydrogens (tertiary/aromatic N) is 3. The van der Waals surface area contributed by atoms with Crippen molar-refractivity contribution in [3.05, 3.63) is 48.5 Å². The van der Waals surface area contributed by atoms with Crippen LogP contribution >= 0.6 is 0 Å². The Balaban J connectivity index is 1.65. The van der Waals surface area contributed by atoms with Crippen LogP contribution in [0.3, 0.4) is 0 Å². The molecule has 3 heterocycles. The van der Waals surface area contributed by atoms with Gasteiger partial charge in [0.2, 0.25) is 6.41 Å². The van der Waals surface area contributed by atoms with E-state index in [0.29, 0.717) is 23.9 Å². The van der Waals surface area contributed by atoms with Gasteiger partial charge in [-0.3, -0.25) is 15.1 Å². The minimum atomic E-state index is -1.34. The summed E-state index contributed by atoms with van der Waals surface area (Å²) in [5, 5.41) is 13.8. The van der Waals surface area contributed by atoms with Crippen LogP contribution in [0.4, 0.5) is 0 Å². The zero-order valence-corrected chi connectivity index (χ0v) is 24.4.